The lowest BCUT2D eigenvalue weighted by Crippen LogP contribution is -2.30. The van der Waals surface area contributed by atoms with Crippen LogP contribution in [0.15, 0.2) is 24.3 Å². The number of aliphatic hydroxyl groups is 1. The molecular weight excluding hydrogens is 1210 g/mol. The van der Waals surface area contributed by atoms with Gasteiger partial charge in [0.05, 0.1) is 26.4 Å². The van der Waals surface area contributed by atoms with Crippen LogP contribution in [0.5, 0.6) is 0 Å². The molecule has 0 saturated heterocycles. The van der Waals surface area contributed by atoms with E-state index in [4.69, 9.17) is 37.0 Å². The van der Waals surface area contributed by atoms with Crippen molar-refractivity contribution in [1.82, 2.24) is 0 Å². The predicted octanol–water partition coefficient (Wildman–Crippen LogP) is 20.9. The number of hydrogen-bond donors (Lipinski definition) is 3. The Morgan fingerprint density at radius 3 is 0.924 bits per heavy atom. The molecule has 0 aliphatic rings. The summed E-state index contributed by atoms with van der Waals surface area (Å²) < 4.78 is 68.4. The Kier molecular flexibility index (Phi) is 64.0. The molecule has 0 heterocycles. The normalized spacial score (nSPS) is 14.5. The molecule has 3 unspecified atom stereocenters. The lowest BCUT2D eigenvalue weighted by molar-refractivity contribution is -0.161. The summed E-state index contributed by atoms with van der Waals surface area (Å²) in [5.74, 6) is -1.34. The van der Waals surface area contributed by atoms with E-state index in [1.165, 1.54) is 167 Å². The molecule has 0 aromatic heterocycles. The SMILES string of the molecule is CCCCCC/C=C\C=C/CCCCCCCC(=O)O[C@H](COC(=O)CCCCCCCCCCCCC(C)CC)COP(=O)(O)OC[C@@H](O)COP(=O)(O)OC[C@@H](COC(=O)CCCCCCCCCCCC)OC(=O)CCCCCCCCCCCCCCC. The van der Waals surface area contributed by atoms with Gasteiger partial charge in [-0.25, -0.2) is 9.13 Å². The summed E-state index contributed by atoms with van der Waals surface area (Å²) in [6.07, 6.45) is 56.1. The molecule has 19 heteroatoms. The van der Waals surface area contributed by atoms with Gasteiger partial charge in [0.15, 0.2) is 12.2 Å². The van der Waals surface area contributed by atoms with Gasteiger partial charge in [-0.3, -0.25) is 37.3 Å². The summed E-state index contributed by atoms with van der Waals surface area (Å²) in [6, 6.07) is 0. The second kappa shape index (κ2) is 65.8. The smallest absolute Gasteiger partial charge is 0.462 e. The van der Waals surface area contributed by atoms with Gasteiger partial charge in [-0.15, -0.1) is 0 Å². The predicted molar refractivity (Wildman–Crippen MR) is 372 cm³/mol. The third-order valence-electron chi connectivity index (χ3n) is 16.8. The Labute approximate surface area is 561 Å². The Balaban J connectivity index is 5.29. The maximum Gasteiger partial charge on any atom is 0.472 e. The zero-order chi connectivity index (χ0) is 67.7. The van der Waals surface area contributed by atoms with Gasteiger partial charge in [-0.1, -0.05) is 303 Å². The number of unbranched alkanes of at least 4 members (excludes halogenated alkanes) is 39. The molecule has 0 fully saturated rings. The highest BCUT2D eigenvalue weighted by Crippen LogP contribution is 2.45. The highest BCUT2D eigenvalue weighted by atomic mass is 31.2. The van der Waals surface area contributed by atoms with Crippen LogP contribution >= 0.6 is 15.6 Å². The number of carbonyl (C=O) groups excluding carboxylic acids is 4. The molecule has 0 aromatic rings. The number of phosphoric acid groups is 2. The summed E-state index contributed by atoms with van der Waals surface area (Å²) >= 11 is 0. The highest BCUT2D eigenvalue weighted by molar-refractivity contribution is 7.47. The van der Waals surface area contributed by atoms with Crippen LogP contribution in [-0.2, 0) is 65.4 Å². The number of ether oxygens (including phenoxy) is 4. The van der Waals surface area contributed by atoms with Gasteiger partial charge in [-0.2, -0.15) is 0 Å². The molecule has 542 valence electrons. The van der Waals surface area contributed by atoms with E-state index in [2.05, 4.69) is 58.9 Å². The molecule has 0 amide bonds. The van der Waals surface area contributed by atoms with Crippen LogP contribution in [0.1, 0.15) is 356 Å². The molecule has 0 bridgehead atoms. The second-order valence-electron chi connectivity index (χ2n) is 25.9. The highest BCUT2D eigenvalue weighted by Gasteiger charge is 2.30. The first-order valence-corrected chi connectivity index (χ1v) is 40.5. The van der Waals surface area contributed by atoms with Gasteiger partial charge < -0.3 is 33.8 Å². The summed E-state index contributed by atoms with van der Waals surface area (Å²) in [5.41, 5.74) is 0. The second-order valence-corrected chi connectivity index (χ2v) is 28.8. The van der Waals surface area contributed by atoms with Gasteiger partial charge in [-0.05, 0) is 57.3 Å². The fraction of sp³-hybridized carbons (Fsp3) is 0.890. The standard InChI is InChI=1S/C73H138O17P2/c1-6-10-13-16-19-22-25-27-28-30-32-39-44-49-54-59-73(78)90-69(63-84-71(76)57-52-47-42-37-34-33-35-40-45-50-55-66(5)9-4)65-88-92(81,82)86-61-67(74)60-85-91(79,80)87-64-68(62-83-70(75)56-51-46-41-36-24-21-18-15-12-8-3)89-72(77)58-53-48-43-38-31-29-26-23-20-17-14-11-7-2/h22,25,27-28,66-69,74H,6-21,23-24,26,29-65H2,1-5H3,(H,79,80)(H,81,82)/b25-22-,28-27-/t66?,67-,68+,69+/m0/s1. The average molecular weight is 1350 g/mol. The number of allylic oxidation sites excluding steroid dienone is 4. The van der Waals surface area contributed by atoms with E-state index in [1.54, 1.807) is 0 Å². The summed E-state index contributed by atoms with van der Waals surface area (Å²) in [7, 11) is -9.92. The Bertz CT molecular complexity index is 1870. The average Bonchev–Trinajstić information content (AvgIpc) is 1.75. The molecule has 0 aromatic carbocycles. The van der Waals surface area contributed by atoms with E-state index in [0.717, 1.165) is 109 Å². The minimum Gasteiger partial charge on any atom is -0.462 e. The minimum atomic E-state index is -4.96. The summed E-state index contributed by atoms with van der Waals surface area (Å²) in [6.45, 7) is 7.22. The first kappa shape index (κ1) is 89.5. The minimum absolute atomic E-state index is 0.0851. The quantitative estimate of drug-likeness (QED) is 0.0169. The first-order chi connectivity index (χ1) is 44.6. The molecule has 0 radical (unpaired) electrons. The molecule has 92 heavy (non-hydrogen) atoms. The fourth-order valence-corrected chi connectivity index (χ4v) is 12.2. The molecule has 0 aliphatic carbocycles. The van der Waals surface area contributed by atoms with Gasteiger partial charge in [0, 0.05) is 25.7 Å². The number of rotatable bonds is 71. The molecule has 0 rings (SSSR count). The molecule has 3 N–H and O–H groups in total. The molecule has 0 aliphatic heterocycles. The van der Waals surface area contributed by atoms with Crippen LogP contribution in [-0.4, -0.2) is 96.7 Å². The van der Waals surface area contributed by atoms with Gasteiger partial charge in [0.25, 0.3) is 0 Å². The molecular formula is C73H138O17P2. The largest absolute Gasteiger partial charge is 0.472 e. The van der Waals surface area contributed by atoms with Crippen molar-refractivity contribution in [3.05, 3.63) is 24.3 Å². The zero-order valence-electron chi connectivity index (χ0n) is 59.2. The number of phosphoric ester groups is 2. The Hall–Kier alpha value is -2.46. The number of hydrogen-bond acceptors (Lipinski definition) is 15. The van der Waals surface area contributed by atoms with Gasteiger partial charge >= 0.3 is 39.5 Å². The van der Waals surface area contributed by atoms with E-state index in [1.807, 2.05) is 0 Å². The fourth-order valence-electron chi connectivity index (χ4n) is 10.6. The van der Waals surface area contributed by atoms with Gasteiger partial charge in [0.2, 0.25) is 0 Å². The van der Waals surface area contributed by atoms with Crippen molar-refractivity contribution in [3.8, 4) is 0 Å². The van der Waals surface area contributed by atoms with E-state index >= 15 is 0 Å². The third-order valence-corrected chi connectivity index (χ3v) is 18.7. The van der Waals surface area contributed by atoms with Crippen LogP contribution < -0.4 is 0 Å². The molecule has 0 spiro atoms. The first-order valence-electron chi connectivity index (χ1n) is 37.5. The maximum absolute atomic E-state index is 13.0. The van der Waals surface area contributed by atoms with E-state index < -0.39 is 97.5 Å². The topological polar surface area (TPSA) is 237 Å². The number of esters is 4. The summed E-state index contributed by atoms with van der Waals surface area (Å²) in [4.78, 5) is 72.6. The maximum atomic E-state index is 13.0. The lowest BCUT2D eigenvalue weighted by Gasteiger charge is -2.21. The van der Waals surface area contributed by atoms with E-state index in [9.17, 15) is 43.2 Å². The van der Waals surface area contributed by atoms with Gasteiger partial charge in [0.1, 0.15) is 19.3 Å². The summed E-state index contributed by atoms with van der Waals surface area (Å²) in [5, 5.41) is 10.6. The van der Waals surface area contributed by atoms with Crippen LogP contribution in [0, 0.1) is 5.92 Å². The van der Waals surface area contributed by atoms with Crippen molar-refractivity contribution in [2.24, 2.45) is 5.92 Å². The number of aliphatic hydroxyl groups excluding tert-OH is 1. The van der Waals surface area contributed by atoms with Crippen molar-refractivity contribution in [2.75, 3.05) is 39.6 Å². The van der Waals surface area contributed by atoms with Crippen molar-refractivity contribution in [1.29, 1.82) is 0 Å². The lowest BCUT2D eigenvalue weighted by atomic mass is 9.99. The van der Waals surface area contributed by atoms with Crippen molar-refractivity contribution >= 4 is 39.5 Å². The monoisotopic (exact) mass is 1350 g/mol. The molecule has 6 atom stereocenters. The van der Waals surface area contributed by atoms with Crippen LogP contribution in [0.2, 0.25) is 0 Å². The van der Waals surface area contributed by atoms with Crippen LogP contribution in [0.25, 0.3) is 0 Å². The van der Waals surface area contributed by atoms with E-state index in [0.29, 0.717) is 25.7 Å². The number of carbonyl (C=O) groups is 4. The Morgan fingerprint density at radius 2 is 0.609 bits per heavy atom. The van der Waals surface area contributed by atoms with Crippen LogP contribution in [0.3, 0.4) is 0 Å². The van der Waals surface area contributed by atoms with Crippen molar-refractivity contribution in [3.63, 3.8) is 0 Å². The third kappa shape index (κ3) is 64.9. The van der Waals surface area contributed by atoms with Crippen molar-refractivity contribution < 1.29 is 80.2 Å². The molecule has 17 nitrogen and oxygen atoms in total. The molecule has 0 saturated carbocycles. The van der Waals surface area contributed by atoms with Crippen molar-refractivity contribution in [2.45, 2.75) is 374 Å². The van der Waals surface area contributed by atoms with E-state index in [-0.39, 0.29) is 25.7 Å². The zero-order valence-corrected chi connectivity index (χ0v) is 61.0. The Morgan fingerprint density at radius 1 is 0.348 bits per heavy atom. The van der Waals surface area contributed by atoms with Crippen LogP contribution in [0.4, 0.5) is 0 Å².